The molecule has 0 spiro atoms. The molecule has 0 fully saturated rings. The molecule has 0 saturated heterocycles. The van der Waals surface area contributed by atoms with Gasteiger partial charge in [0.25, 0.3) is 5.91 Å². The second-order valence-corrected chi connectivity index (χ2v) is 3.36. The molecule has 1 aromatic rings. The van der Waals surface area contributed by atoms with Gasteiger partial charge in [-0.15, -0.1) is 0 Å². The van der Waals surface area contributed by atoms with Gasteiger partial charge in [-0.25, -0.2) is 0 Å². The zero-order valence-corrected chi connectivity index (χ0v) is 9.53. The third kappa shape index (κ3) is 3.90. The first kappa shape index (κ1) is 12.5. The summed E-state index contributed by atoms with van der Waals surface area (Å²) in [6, 6.07) is 7.09. The van der Waals surface area contributed by atoms with E-state index in [-0.39, 0.29) is 5.91 Å². The second-order valence-electron chi connectivity index (χ2n) is 3.36. The van der Waals surface area contributed by atoms with Crippen molar-refractivity contribution in [2.45, 2.75) is 13.3 Å². The Morgan fingerprint density at radius 3 is 2.62 bits per heavy atom. The minimum atomic E-state index is -0.0727. The molecule has 1 amide bonds. The molecule has 0 radical (unpaired) electrons. The van der Waals surface area contributed by atoms with E-state index in [4.69, 9.17) is 10.5 Å². The molecule has 0 heterocycles. The van der Waals surface area contributed by atoms with Crippen LogP contribution in [0.25, 0.3) is 0 Å². The van der Waals surface area contributed by atoms with Gasteiger partial charge in [-0.3, -0.25) is 4.79 Å². The summed E-state index contributed by atoms with van der Waals surface area (Å²) in [5.41, 5.74) is 5.98. The molecule has 4 nitrogen and oxygen atoms in total. The molecule has 0 bridgehead atoms. The van der Waals surface area contributed by atoms with Crippen LogP contribution in [0.4, 0.5) is 0 Å². The molecule has 88 valence electrons. The van der Waals surface area contributed by atoms with Crippen LogP contribution in [0.1, 0.15) is 23.7 Å². The van der Waals surface area contributed by atoms with Crippen LogP contribution >= 0.6 is 0 Å². The topological polar surface area (TPSA) is 64.3 Å². The van der Waals surface area contributed by atoms with Gasteiger partial charge in [0.2, 0.25) is 0 Å². The highest BCUT2D eigenvalue weighted by atomic mass is 16.5. The Hall–Kier alpha value is -1.55. The van der Waals surface area contributed by atoms with Crippen molar-refractivity contribution >= 4 is 5.91 Å². The zero-order valence-electron chi connectivity index (χ0n) is 9.53. The van der Waals surface area contributed by atoms with E-state index in [0.29, 0.717) is 25.3 Å². The third-order valence-electron chi connectivity index (χ3n) is 2.09. The first-order chi connectivity index (χ1) is 7.77. The summed E-state index contributed by atoms with van der Waals surface area (Å²) in [7, 11) is 0. The van der Waals surface area contributed by atoms with E-state index in [0.717, 1.165) is 12.2 Å². The van der Waals surface area contributed by atoms with Crippen LogP contribution in [0.15, 0.2) is 24.3 Å². The van der Waals surface area contributed by atoms with E-state index in [9.17, 15) is 4.79 Å². The van der Waals surface area contributed by atoms with Crippen molar-refractivity contribution in [2.24, 2.45) is 5.73 Å². The number of carbonyl (C=O) groups is 1. The molecule has 16 heavy (non-hydrogen) atoms. The van der Waals surface area contributed by atoms with Gasteiger partial charge >= 0.3 is 0 Å². The highest BCUT2D eigenvalue weighted by Gasteiger charge is 2.04. The highest BCUT2D eigenvalue weighted by molar-refractivity contribution is 5.94. The number of nitrogens with two attached hydrogens (primary N) is 1. The predicted molar refractivity (Wildman–Crippen MR) is 63.6 cm³/mol. The van der Waals surface area contributed by atoms with Gasteiger partial charge in [0.1, 0.15) is 5.75 Å². The number of amides is 1. The van der Waals surface area contributed by atoms with Crippen LogP contribution in [0.5, 0.6) is 5.75 Å². The Morgan fingerprint density at radius 2 is 2.06 bits per heavy atom. The first-order valence-electron chi connectivity index (χ1n) is 5.49. The van der Waals surface area contributed by atoms with E-state index in [1.54, 1.807) is 24.3 Å². The van der Waals surface area contributed by atoms with E-state index in [1.807, 2.05) is 6.92 Å². The summed E-state index contributed by atoms with van der Waals surface area (Å²) >= 11 is 0. The number of nitrogens with one attached hydrogen (secondary N) is 1. The molecular weight excluding hydrogens is 204 g/mol. The fourth-order valence-electron chi connectivity index (χ4n) is 1.28. The number of hydrogen-bond acceptors (Lipinski definition) is 3. The monoisotopic (exact) mass is 222 g/mol. The average Bonchev–Trinajstić information content (AvgIpc) is 2.30. The Bertz CT molecular complexity index is 322. The van der Waals surface area contributed by atoms with Crippen molar-refractivity contribution in [1.82, 2.24) is 5.32 Å². The van der Waals surface area contributed by atoms with E-state index < -0.39 is 0 Å². The van der Waals surface area contributed by atoms with Crippen LogP contribution in [0, 0.1) is 0 Å². The smallest absolute Gasteiger partial charge is 0.251 e. The van der Waals surface area contributed by atoms with Gasteiger partial charge < -0.3 is 15.8 Å². The van der Waals surface area contributed by atoms with Gasteiger partial charge in [0, 0.05) is 12.1 Å². The van der Waals surface area contributed by atoms with Crippen molar-refractivity contribution in [2.75, 3.05) is 19.7 Å². The Balaban J connectivity index is 2.49. The minimum absolute atomic E-state index is 0.0727. The van der Waals surface area contributed by atoms with Gasteiger partial charge in [-0.2, -0.15) is 0 Å². The molecule has 0 saturated carbocycles. The van der Waals surface area contributed by atoms with Crippen molar-refractivity contribution in [3.8, 4) is 5.75 Å². The molecular formula is C12H18N2O2. The van der Waals surface area contributed by atoms with Gasteiger partial charge in [-0.1, -0.05) is 0 Å². The van der Waals surface area contributed by atoms with Crippen LogP contribution < -0.4 is 15.8 Å². The molecule has 1 rings (SSSR count). The Morgan fingerprint density at radius 1 is 1.38 bits per heavy atom. The normalized spacial score (nSPS) is 9.88. The summed E-state index contributed by atoms with van der Waals surface area (Å²) < 4.78 is 5.29. The lowest BCUT2D eigenvalue weighted by atomic mass is 10.2. The fourth-order valence-corrected chi connectivity index (χ4v) is 1.28. The number of ether oxygens (including phenoxy) is 1. The predicted octanol–water partition coefficient (Wildman–Crippen LogP) is 1.16. The summed E-state index contributed by atoms with van der Waals surface area (Å²) in [6.45, 7) is 3.75. The average molecular weight is 222 g/mol. The maximum absolute atomic E-state index is 11.6. The van der Waals surface area contributed by atoms with Crippen LogP contribution in [-0.2, 0) is 0 Å². The lowest BCUT2D eigenvalue weighted by molar-refractivity contribution is 0.0953. The van der Waals surface area contributed by atoms with Crippen LogP contribution in [0.3, 0.4) is 0 Å². The number of benzene rings is 1. The van der Waals surface area contributed by atoms with Gasteiger partial charge in [0.15, 0.2) is 0 Å². The van der Waals surface area contributed by atoms with Crippen LogP contribution in [0.2, 0.25) is 0 Å². The van der Waals surface area contributed by atoms with Crippen molar-refractivity contribution in [3.05, 3.63) is 29.8 Å². The second kappa shape index (κ2) is 6.85. The maximum atomic E-state index is 11.6. The molecule has 0 aromatic heterocycles. The molecule has 0 aliphatic heterocycles. The lowest BCUT2D eigenvalue weighted by Gasteiger charge is -2.06. The van der Waals surface area contributed by atoms with Gasteiger partial charge in [0.05, 0.1) is 6.61 Å². The molecule has 3 N–H and O–H groups in total. The molecule has 0 atom stereocenters. The summed E-state index contributed by atoms with van der Waals surface area (Å²) in [5, 5.41) is 2.79. The number of hydrogen-bond donors (Lipinski definition) is 2. The quantitative estimate of drug-likeness (QED) is 0.710. The van der Waals surface area contributed by atoms with Gasteiger partial charge in [-0.05, 0) is 44.2 Å². The largest absolute Gasteiger partial charge is 0.494 e. The minimum Gasteiger partial charge on any atom is -0.494 e. The summed E-state index contributed by atoms with van der Waals surface area (Å²) in [5.74, 6) is 0.706. The first-order valence-corrected chi connectivity index (χ1v) is 5.49. The zero-order chi connectivity index (χ0) is 11.8. The van der Waals surface area contributed by atoms with E-state index in [2.05, 4.69) is 5.32 Å². The SMILES string of the molecule is CCOc1ccc(C(=O)NCCCN)cc1. The Kier molecular flexibility index (Phi) is 5.36. The van der Waals surface area contributed by atoms with Crippen molar-refractivity contribution in [3.63, 3.8) is 0 Å². The lowest BCUT2D eigenvalue weighted by Crippen LogP contribution is -2.25. The fraction of sp³-hybridized carbons (Fsp3) is 0.417. The van der Waals surface area contributed by atoms with Crippen LogP contribution in [-0.4, -0.2) is 25.6 Å². The standard InChI is InChI=1S/C12H18N2O2/c1-2-16-11-6-4-10(5-7-11)12(15)14-9-3-8-13/h4-7H,2-3,8-9,13H2,1H3,(H,14,15). The summed E-state index contributed by atoms with van der Waals surface area (Å²) in [4.78, 5) is 11.6. The molecule has 0 unspecified atom stereocenters. The Labute approximate surface area is 95.8 Å². The molecule has 1 aromatic carbocycles. The highest BCUT2D eigenvalue weighted by Crippen LogP contribution is 2.11. The number of rotatable bonds is 6. The number of carbonyl (C=O) groups excluding carboxylic acids is 1. The molecule has 0 aliphatic rings. The van der Waals surface area contributed by atoms with E-state index >= 15 is 0 Å². The molecule has 4 heteroatoms. The van der Waals surface area contributed by atoms with E-state index in [1.165, 1.54) is 0 Å². The third-order valence-corrected chi connectivity index (χ3v) is 2.09. The van der Waals surface area contributed by atoms with Crippen molar-refractivity contribution < 1.29 is 9.53 Å². The van der Waals surface area contributed by atoms with Crippen molar-refractivity contribution in [1.29, 1.82) is 0 Å². The summed E-state index contributed by atoms with van der Waals surface area (Å²) in [6.07, 6.45) is 0.794. The molecule has 0 aliphatic carbocycles. The maximum Gasteiger partial charge on any atom is 0.251 e.